The Morgan fingerprint density at radius 2 is 1.65 bits per heavy atom. The largest absolute Gasteiger partial charge is 0.423 e. The highest BCUT2D eigenvalue weighted by Gasteiger charge is 2.11. The Bertz CT molecular complexity index is 598. The molecular formula is C17H17O2S+. The topological polar surface area (TPSA) is 26.3 Å². The molecule has 0 N–H and O–H groups in total. The number of hydrogen-bond acceptors (Lipinski definition) is 2. The normalized spacial score (nSPS) is 10.3. The van der Waals surface area contributed by atoms with Gasteiger partial charge >= 0.3 is 5.97 Å². The third-order valence-electron chi connectivity index (χ3n) is 2.89. The monoisotopic (exact) mass is 285 g/mol. The number of esters is 1. The molecule has 2 rings (SSSR count). The molecule has 0 spiro atoms. The lowest BCUT2D eigenvalue weighted by molar-refractivity contribution is 0.0734. The van der Waals surface area contributed by atoms with Gasteiger partial charge in [-0.1, -0.05) is 24.8 Å². The highest BCUT2D eigenvalue weighted by atomic mass is 32.2. The van der Waals surface area contributed by atoms with Crippen molar-refractivity contribution in [2.75, 3.05) is 12.5 Å². The van der Waals surface area contributed by atoms with Crippen LogP contribution in [0.4, 0.5) is 0 Å². The summed E-state index contributed by atoms with van der Waals surface area (Å²) in [4.78, 5) is 13.2. The van der Waals surface area contributed by atoms with E-state index in [1.165, 1.54) is 4.90 Å². The van der Waals surface area contributed by atoms with Crippen molar-refractivity contribution in [2.45, 2.75) is 4.90 Å². The molecule has 0 saturated heterocycles. The smallest absolute Gasteiger partial charge is 0.343 e. The summed E-state index contributed by atoms with van der Waals surface area (Å²) in [6, 6.07) is 14.8. The van der Waals surface area contributed by atoms with Gasteiger partial charge in [-0.25, -0.2) is 4.79 Å². The van der Waals surface area contributed by atoms with Crippen LogP contribution in [0.25, 0.3) is 6.08 Å². The van der Waals surface area contributed by atoms with Crippen LogP contribution in [0, 0.1) is 0 Å². The second-order valence-corrected chi connectivity index (χ2v) is 6.61. The zero-order valence-corrected chi connectivity index (χ0v) is 12.4. The lowest BCUT2D eigenvalue weighted by atomic mass is 10.1. The van der Waals surface area contributed by atoms with E-state index in [0.717, 1.165) is 5.56 Å². The standard InChI is InChI=1S/C17H17O2S/c1-4-13-5-7-14(8-6-13)17(18)19-15-9-11-16(12-10-15)20(2)3/h4-12H,1H2,2-3H3/q+1. The minimum absolute atomic E-state index is 0.210. The van der Waals surface area contributed by atoms with Crippen LogP contribution in [0.15, 0.2) is 60.0 Å². The van der Waals surface area contributed by atoms with E-state index in [1.807, 2.05) is 36.4 Å². The lowest BCUT2D eigenvalue weighted by Gasteiger charge is -2.05. The highest BCUT2D eigenvalue weighted by molar-refractivity contribution is 7.95. The van der Waals surface area contributed by atoms with Crippen molar-refractivity contribution in [2.24, 2.45) is 0 Å². The minimum Gasteiger partial charge on any atom is -0.423 e. The van der Waals surface area contributed by atoms with Crippen LogP contribution in [0.3, 0.4) is 0 Å². The summed E-state index contributed by atoms with van der Waals surface area (Å²) in [6.07, 6.45) is 6.05. The van der Waals surface area contributed by atoms with E-state index >= 15 is 0 Å². The molecule has 0 atom stereocenters. The third kappa shape index (κ3) is 3.52. The van der Waals surface area contributed by atoms with E-state index < -0.39 is 0 Å². The second kappa shape index (κ2) is 6.44. The Morgan fingerprint density at radius 3 is 2.15 bits per heavy atom. The van der Waals surface area contributed by atoms with Gasteiger partial charge in [-0.15, -0.1) is 0 Å². The van der Waals surface area contributed by atoms with Gasteiger partial charge in [-0.3, -0.25) is 0 Å². The zero-order valence-electron chi connectivity index (χ0n) is 11.6. The predicted molar refractivity (Wildman–Crippen MR) is 85.4 cm³/mol. The number of ether oxygens (including phenoxy) is 1. The van der Waals surface area contributed by atoms with Crippen LogP contribution in [0.2, 0.25) is 0 Å². The van der Waals surface area contributed by atoms with Gasteiger partial charge in [-0.2, -0.15) is 0 Å². The molecule has 0 aromatic heterocycles. The van der Waals surface area contributed by atoms with Crippen molar-refractivity contribution in [1.29, 1.82) is 0 Å². The second-order valence-electron chi connectivity index (χ2n) is 4.50. The average Bonchev–Trinajstić information content (AvgIpc) is 2.48. The van der Waals surface area contributed by atoms with E-state index in [0.29, 0.717) is 11.3 Å². The van der Waals surface area contributed by atoms with Crippen molar-refractivity contribution in [3.8, 4) is 5.75 Å². The molecule has 0 radical (unpaired) electrons. The van der Waals surface area contributed by atoms with Crippen LogP contribution in [0.1, 0.15) is 15.9 Å². The van der Waals surface area contributed by atoms with Gasteiger partial charge in [0.2, 0.25) is 0 Å². The number of benzene rings is 2. The van der Waals surface area contributed by atoms with Crippen LogP contribution < -0.4 is 4.74 Å². The minimum atomic E-state index is -0.347. The number of carbonyl (C=O) groups is 1. The first-order valence-electron chi connectivity index (χ1n) is 6.22. The summed E-state index contributed by atoms with van der Waals surface area (Å²) in [7, 11) is 0.210. The van der Waals surface area contributed by atoms with Gasteiger partial charge in [0.15, 0.2) is 4.90 Å². The first-order chi connectivity index (χ1) is 9.60. The van der Waals surface area contributed by atoms with Crippen molar-refractivity contribution < 1.29 is 9.53 Å². The van der Waals surface area contributed by atoms with Crippen molar-refractivity contribution in [3.63, 3.8) is 0 Å². The van der Waals surface area contributed by atoms with Crippen LogP contribution in [-0.2, 0) is 10.9 Å². The predicted octanol–water partition coefficient (Wildman–Crippen LogP) is 3.79. The van der Waals surface area contributed by atoms with Crippen LogP contribution >= 0.6 is 0 Å². The maximum atomic E-state index is 12.0. The van der Waals surface area contributed by atoms with Gasteiger partial charge in [0.1, 0.15) is 18.3 Å². The summed E-state index contributed by atoms with van der Waals surface area (Å²) >= 11 is 0. The summed E-state index contributed by atoms with van der Waals surface area (Å²) in [6.45, 7) is 3.68. The molecule has 0 saturated carbocycles. The average molecular weight is 285 g/mol. The summed E-state index contributed by atoms with van der Waals surface area (Å²) in [5.41, 5.74) is 1.51. The molecule has 2 aromatic rings. The number of carbonyl (C=O) groups excluding carboxylic acids is 1. The molecular weight excluding hydrogens is 268 g/mol. The Kier molecular flexibility index (Phi) is 4.64. The van der Waals surface area contributed by atoms with E-state index in [9.17, 15) is 4.79 Å². The van der Waals surface area contributed by atoms with Crippen molar-refractivity contribution >= 4 is 22.9 Å². The molecule has 20 heavy (non-hydrogen) atoms. The molecule has 0 heterocycles. The molecule has 0 amide bonds. The molecule has 2 nitrogen and oxygen atoms in total. The molecule has 0 aliphatic heterocycles. The fourth-order valence-corrected chi connectivity index (χ4v) is 2.38. The third-order valence-corrected chi connectivity index (χ3v) is 4.10. The Hall–Kier alpha value is -2.00. The molecule has 0 aliphatic carbocycles. The summed E-state index contributed by atoms with van der Waals surface area (Å²) in [5, 5.41) is 0. The van der Waals surface area contributed by atoms with Gasteiger partial charge < -0.3 is 4.74 Å². The van der Waals surface area contributed by atoms with Gasteiger partial charge in [0.25, 0.3) is 0 Å². The van der Waals surface area contributed by atoms with E-state index in [1.54, 1.807) is 18.2 Å². The molecule has 102 valence electrons. The van der Waals surface area contributed by atoms with E-state index in [-0.39, 0.29) is 16.9 Å². The van der Waals surface area contributed by atoms with Gasteiger partial charge in [0, 0.05) is 10.9 Å². The summed E-state index contributed by atoms with van der Waals surface area (Å²) < 4.78 is 5.35. The molecule has 3 heteroatoms. The van der Waals surface area contributed by atoms with Crippen LogP contribution in [0.5, 0.6) is 5.75 Å². The first kappa shape index (κ1) is 14.4. The van der Waals surface area contributed by atoms with Crippen molar-refractivity contribution in [3.05, 3.63) is 66.2 Å². The van der Waals surface area contributed by atoms with Gasteiger partial charge in [0.05, 0.1) is 5.56 Å². The molecule has 0 fully saturated rings. The van der Waals surface area contributed by atoms with E-state index in [4.69, 9.17) is 4.74 Å². The fraction of sp³-hybridized carbons (Fsp3) is 0.118. The first-order valence-corrected chi connectivity index (χ1v) is 8.26. The lowest BCUT2D eigenvalue weighted by Crippen LogP contribution is -2.08. The summed E-state index contributed by atoms with van der Waals surface area (Å²) in [5.74, 6) is 0.220. The zero-order chi connectivity index (χ0) is 14.5. The fourth-order valence-electron chi connectivity index (χ4n) is 1.70. The Morgan fingerprint density at radius 1 is 1.05 bits per heavy atom. The maximum Gasteiger partial charge on any atom is 0.343 e. The highest BCUT2D eigenvalue weighted by Crippen LogP contribution is 2.17. The molecule has 0 bridgehead atoms. The van der Waals surface area contributed by atoms with Gasteiger partial charge in [-0.05, 0) is 42.0 Å². The number of rotatable bonds is 4. The molecule has 0 aliphatic rings. The Labute approximate surface area is 122 Å². The van der Waals surface area contributed by atoms with Crippen molar-refractivity contribution in [1.82, 2.24) is 0 Å². The van der Waals surface area contributed by atoms with Crippen LogP contribution in [-0.4, -0.2) is 18.5 Å². The Balaban J connectivity index is 2.08. The number of hydrogen-bond donors (Lipinski definition) is 0. The maximum absolute atomic E-state index is 12.0. The van der Waals surface area contributed by atoms with E-state index in [2.05, 4.69) is 19.1 Å². The quantitative estimate of drug-likeness (QED) is 0.485. The molecule has 2 aromatic carbocycles. The molecule has 0 unspecified atom stereocenters. The SMILES string of the molecule is C=Cc1ccc(C(=O)Oc2ccc([S+](C)C)cc2)cc1.